The van der Waals surface area contributed by atoms with Gasteiger partial charge in [-0.25, -0.2) is 0 Å². The normalized spacial score (nSPS) is 14.6. The predicted molar refractivity (Wildman–Crippen MR) is 220 cm³/mol. The van der Waals surface area contributed by atoms with Gasteiger partial charge in [0.1, 0.15) is 0 Å². The van der Waals surface area contributed by atoms with Gasteiger partial charge in [0.25, 0.3) is 0 Å². The Kier molecular flexibility index (Phi) is 6.34. The van der Waals surface area contributed by atoms with E-state index in [0.29, 0.717) is 0 Å². The van der Waals surface area contributed by atoms with Crippen LogP contribution in [-0.4, -0.2) is 0 Å². The van der Waals surface area contributed by atoms with Crippen LogP contribution in [0.4, 0.5) is 17.1 Å². The van der Waals surface area contributed by atoms with Gasteiger partial charge in [0.2, 0.25) is 0 Å². The van der Waals surface area contributed by atoms with Gasteiger partial charge in [0.15, 0.2) is 0 Å². The minimum Gasteiger partial charge on any atom is -0.310 e. The summed E-state index contributed by atoms with van der Waals surface area (Å²) >= 11 is 0. The number of hydrogen-bond acceptors (Lipinski definition) is 1. The van der Waals surface area contributed by atoms with E-state index in [-0.39, 0.29) is 10.8 Å². The van der Waals surface area contributed by atoms with E-state index < -0.39 is 0 Å². The number of hydrogen-bond donors (Lipinski definition) is 0. The van der Waals surface area contributed by atoms with Crippen molar-refractivity contribution in [1.82, 2.24) is 0 Å². The van der Waals surface area contributed by atoms with Crippen LogP contribution in [0.5, 0.6) is 0 Å². The summed E-state index contributed by atoms with van der Waals surface area (Å²) in [5.41, 5.74) is 8.78. The monoisotopic (exact) mass is 653 g/mol. The molecule has 1 nitrogen and oxygen atoms in total. The average molecular weight is 654 g/mol. The number of fused-ring (bicyclic) bond motifs is 6. The maximum Gasteiger partial charge on any atom is 0.0546 e. The van der Waals surface area contributed by atoms with Gasteiger partial charge < -0.3 is 4.90 Å². The van der Waals surface area contributed by atoms with E-state index in [4.69, 9.17) is 0 Å². The van der Waals surface area contributed by atoms with E-state index >= 15 is 0 Å². The highest BCUT2D eigenvalue weighted by Gasteiger charge is 2.45. The van der Waals surface area contributed by atoms with Gasteiger partial charge in [-0.15, -0.1) is 0 Å². The molecular formula is C50H39N. The minimum absolute atomic E-state index is 0.000628. The molecule has 0 saturated heterocycles. The summed E-state index contributed by atoms with van der Waals surface area (Å²) < 4.78 is 0. The lowest BCUT2D eigenvalue weighted by Gasteiger charge is -2.47. The zero-order valence-electron chi connectivity index (χ0n) is 29.5. The molecule has 0 atom stereocenters. The van der Waals surface area contributed by atoms with Crippen molar-refractivity contribution in [3.8, 4) is 11.1 Å². The molecule has 0 heterocycles. The number of anilines is 3. The lowest BCUT2D eigenvalue weighted by molar-refractivity contribution is 0.304. The van der Waals surface area contributed by atoms with Crippen LogP contribution in [0.15, 0.2) is 164 Å². The lowest BCUT2D eigenvalue weighted by Crippen LogP contribution is -2.42. The van der Waals surface area contributed by atoms with E-state index in [2.05, 4.69) is 196 Å². The highest BCUT2D eigenvalue weighted by Crippen LogP contribution is 2.55. The van der Waals surface area contributed by atoms with Crippen LogP contribution >= 0.6 is 0 Å². The molecule has 1 aliphatic carbocycles. The molecule has 0 saturated carbocycles. The summed E-state index contributed by atoms with van der Waals surface area (Å²) in [4.78, 5) is 2.45. The molecule has 0 radical (unpaired) electrons. The van der Waals surface area contributed by atoms with Gasteiger partial charge >= 0.3 is 0 Å². The van der Waals surface area contributed by atoms with Gasteiger partial charge in [-0.3, -0.25) is 0 Å². The quantitative estimate of drug-likeness (QED) is 0.171. The number of rotatable bonds is 4. The van der Waals surface area contributed by atoms with Crippen molar-refractivity contribution >= 4 is 70.9 Å². The molecule has 0 aliphatic heterocycles. The standard InChI is InChI=1S/C50H39N/c1-49(2)43-25-13-15-32-27-28-42-36(29-30-44(50(49,3)4)48(42)46(32)43)33-16-12-19-35(31-33)51(34-17-6-5-7-18-34)45-26-14-24-41-39-21-9-8-20-37(39)38-22-10-11-23-40(38)47(41)45/h5-31H,1-4H3. The van der Waals surface area contributed by atoms with E-state index in [9.17, 15) is 0 Å². The Balaban J connectivity index is 1.24. The van der Waals surface area contributed by atoms with Gasteiger partial charge in [-0.2, -0.15) is 0 Å². The maximum absolute atomic E-state index is 2.45. The van der Waals surface area contributed by atoms with Gasteiger partial charge in [0, 0.05) is 16.8 Å². The van der Waals surface area contributed by atoms with E-state index in [1.54, 1.807) is 0 Å². The summed E-state index contributed by atoms with van der Waals surface area (Å²) in [6.45, 7) is 9.67. The predicted octanol–water partition coefficient (Wildman–Crippen LogP) is 14.2. The molecule has 9 aromatic carbocycles. The minimum atomic E-state index is -0.0281. The third-order valence-corrected chi connectivity index (χ3v) is 12.3. The van der Waals surface area contributed by atoms with Crippen LogP contribution in [0.3, 0.4) is 0 Å². The first-order valence-corrected chi connectivity index (χ1v) is 18.1. The Labute approximate surface area is 299 Å². The fraction of sp³-hybridized carbons (Fsp3) is 0.120. The lowest BCUT2D eigenvalue weighted by atomic mass is 9.56. The Morgan fingerprint density at radius 3 is 1.67 bits per heavy atom. The van der Waals surface area contributed by atoms with Crippen molar-refractivity contribution in [3.63, 3.8) is 0 Å². The van der Waals surface area contributed by atoms with Gasteiger partial charge in [0.05, 0.1) is 5.69 Å². The van der Waals surface area contributed by atoms with Crippen molar-refractivity contribution in [1.29, 1.82) is 0 Å². The summed E-state index contributed by atoms with van der Waals surface area (Å²) in [5, 5.41) is 13.1. The molecule has 51 heavy (non-hydrogen) atoms. The molecule has 1 aliphatic rings. The van der Waals surface area contributed by atoms with Crippen LogP contribution in [0, 0.1) is 0 Å². The summed E-state index contributed by atoms with van der Waals surface area (Å²) in [5.74, 6) is 0. The highest BCUT2D eigenvalue weighted by atomic mass is 15.1. The first-order valence-electron chi connectivity index (χ1n) is 18.1. The Bertz CT molecular complexity index is 2810. The SMILES string of the molecule is CC1(C)c2cccc3ccc4c(-c5cccc(N(c6ccccc6)c6cccc7c8ccccc8c8ccccc8c67)c5)ccc(c4c23)C1(C)C. The summed E-state index contributed by atoms with van der Waals surface area (Å²) in [7, 11) is 0. The van der Waals surface area contributed by atoms with Crippen molar-refractivity contribution in [2.24, 2.45) is 0 Å². The van der Waals surface area contributed by atoms with Crippen molar-refractivity contribution < 1.29 is 0 Å². The number of para-hydroxylation sites is 1. The molecular weight excluding hydrogens is 615 g/mol. The second kappa shape index (κ2) is 10.8. The fourth-order valence-corrected chi connectivity index (χ4v) is 9.13. The summed E-state index contributed by atoms with van der Waals surface area (Å²) in [6.07, 6.45) is 0. The third kappa shape index (κ3) is 4.15. The third-order valence-electron chi connectivity index (χ3n) is 12.3. The molecule has 0 aromatic heterocycles. The zero-order valence-corrected chi connectivity index (χ0v) is 29.5. The van der Waals surface area contributed by atoms with Crippen LogP contribution in [0.25, 0.3) is 65.0 Å². The zero-order chi connectivity index (χ0) is 34.5. The second-order valence-corrected chi connectivity index (χ2v) is 15.3. The molecule has 0 unspecified atom stereocenters. The van der Waals surface area contributed by atoms with Crippen LogP contribution in [-0.2, 0) is 10.8 Å². The molecule has 9 aromatic rings. The first kappa shape index (κ1) is 29.9. The molecule has 0 N–H and O–H groups in total. The first-order chi connectivity index (χ1) is 24.8. The van der Waals surface area contributed by atoms with Gasteiger partial charge in [-0.05, 0) is 112 Å². The Hall–Kier alpha value is -5.92. The van der Waals surface area contributed by atoms with Crippen LogP contribution in [0.2, 0.25) is 0 Å². The topological polar surface area (TPSA) is 3.24 Å². The largest absolute Gasteiger partial charge is 0.310 e. The molecule has 244 valence electrons. The number of benzene rings is 9. The van der Waals surface area contributed by atoms with Crippen molar-refractivity contribution in [2.45, 2.75) is 38.5 Å². The second-order valence-electron chi connectivity index (χ2n) is 15.3. The molecule has 0 spiro atoms. The highest BCUT2D eigenvalue weighted by molar-refractivity contribution is 6.28. The van der Waals surface area contributed by atoms with Crippen molar-refractivity contribution in [3.05, 3.63) is 175 Å². The van der Waals surface area contributed by atoms with Crippen molar-refractivity contribution in [2.75, 3.05) is 4.90 Å². The molecule has 1 heteroatoms. The van der Waals surface area contributed by atoms with E-state index in [1.165, 1.54) is 81.8 Å². The molecule has 0 fully saturated rings. The Morgan fingerprint density at radius 1 is 0.373 bits per heavy atom. The molecule has 0 bridgehead atoms. The maximum atomic E-state index is 2.45. The fourth-order valence-electron chi connectivity index (χ4n) is 9.13. The molecule has 10 rings (SSSR count). The van der Waals surface area contributed by atoms with E-state index in [0.717, 1.165) is 11.4 Å². The summed E-state index contributed by atoms with van der Waals surface area (Å²) in [6, 6.07) is 60.8. The van der Waals surface area contributed by atoms with Crippen LogP contribution in [0.1, 0.15) is 38.8 Å². The average Bonchev–Trinajstić information content (AvgIpc) is 3.17. The smallest absolute Gasteiger partial charge is 0.0546 e. The van der Waals surface area contributed by atoms with Crippen LogP contribution < -0.4 is 4.90 Å². The van der Waals surface area contributed by atoms with E-state index in [1.807, 2.05) is 0 Å². The Morgan fingerprint density at radius 2 is 0.941 bits per heavy atom. The number of nitrogens with zero attached hydrogens (tertiary/aromatic N) is 1. The molecule has 0 amide bonds. The van der Waals surface area contributed by atoms with Gasteiger partial charge in [-0.1, -0.05) is 161 Å².